The Bertz CT molecular complexity index is 979. The molecule has 0 spiro atoms. The van der Waals surface area contributed by atoms with Crippen molar-refractivity contribution in [1.82, 2.24) is 20.7 Å². The Morgan fingerprint density at radius 3 is 2.39 bits per heavy atom. The fourth-order valence-electron chi connectivity index (χ4n) is 2.35. The van der Waals surface area contributed by atoms with Gasteiger partial charge in [0.25, 0.3) is 5.91 Å². The first-order chi connectivity index (χ1) is 14.7. The van der Waals surface area contributed by atoms with Crippen molar-refractivity contribution in [2.24, 2.45) is 0 Å². The van der Waals surface area contributed by atoms with Crippen LogP contribution in [0, 0.1) is 0 Å². The molecule has 0 bridgehead atoms. The first-order valence-corrected chi connectivity index (χ1v) is 9.65. The van der Waals surface area contributed by atoms with Crippen molar-refractivity contribution in [2.75, 3.05) is 5.32 Å². The third-order valence-corrected chi connectivity index (χ3v) is 4.54. The van der Waals surface area contributed by atoms with E-state index in [9.17, 15) is 29.1 Å². The molecule has 0 aliphatic rings. The number of carbonyl (C=O) groups is 5. The summed E-state index contributed by atoms with van der Waals surface area (Å²) in [5.74, 6) is -4.89. The van der Waals surface area contributed by atoms with E-state index >= 15 is 0 Å². The molecular formula is C18H19N5O7S. The van der Waals surface area contributed by atoms with Crippen molar-refractivity contribution in [3.8, 4) is 0 Å². The Morgan fingerprint density at radius 1 is 1.13 bits per heavy atom. The lowest BCUT2D eigenvalue weighted by atomic mass is 10.2. The van der Waals surface area contributed by atoms with Gasteiger partial charge in [-0.25, -0.2) is 19.6 Å². The molecule has 31 heavy (non-hydrogen) atoms. The predicted molar refractivity (Wildman–Crippen MR) is 108 cm³/mol. The van der Waals surface area contributed by atoms with Gasteiger partial charge in [0.2, 0.25) is 5.91 Å². The van der Waals surface area contributed by atoms with Crippen molar-refractivity contribution < 1.29 is 34.2 Å². The molecule has 2 aromatic rings. The minimum Gasteiger partial charge on any atom is -0.481 e. The van der Waals surface area contributed by atoms with Gasteiger partial charge >= 0.3 is 18.0 Å². The highest BCUT2D eigenvalue weighted by Gasteiger charge is 2.32. The summed E-state index contributed by atoms with van der Waals surface area (Å²) in [7, 11) is 0. The highest BCUT2D eigenvalue weighted by molar-refractivity contribution is 7.14. The number of nitrogens with one attached hydrogen (secondary N) is 3. The van der Waals surface area contributed by atoms with E-state index in [2.05, 4.69) is 15.6 Å². The molecule has 2 rings (SSSR count). The monoisotopic (exact) mass is 449 g/mol. The topological polar surface area (TPSA) is 178 Å². The highest BCUT2D eigenvalue weighted by atomic mass is 32.1. The van der Waals surface area contributed by atoms with Crippen LogP contribution in [0.4, 0.5) is 9.93 Å². The molecule has 5 N–H and O–H groups in total. The summed E-state index contributed by atoms with van der Waals surface area (Å²) in [5.41, 5.74) is 2.73. The second-order valence-corrected chi connectivity index (χ2v) is 6.97. The summed E-state index contributed by atoms with van der Waals surface area (Å²) in [5, 5.41) is 24.9. The average Bonchev–Trinajstić information content (AvgIpc) is 3.17. The Kier molecular flexibility index (Phi) is 8.02. The van der Waals surface area contributed by atoms with E-state index in [1.54, 1.807) is 0 Å². The summed E-state index contributed by atoms with van der Waals surface area (Å²) in [4.78, 5) is 62.2. The number of hydrogen-bond donors (Lipinski definition) is 5. The fourth-order valence-corrected chi connectivity index (χ4v) is 3.04. The van der Waals surface area contributed by atoms with Crippen molar-refractivity contribution >= 4 is 46.3 Å². The summed E-state index contributed by atoms with van der Waals surface area (Å²) in [6, 6.07) is 6.82. The van der Waals surface area contributed by atoms with Gasteiger partial charge in [0.05, 0.1) is 6.42 Å². The number of hydrogen-bond acceptors (Lipinski definition) is 7. The molecule has 1 aromatic carbocycles. The lowest BCUT2D eigenvalue weighted by Gasteiger charge is -2.26. The molecule has 1 heterocycles. The molecule has 0 saturated heterocycles. The van der Waals surface area contributed by atoms with E-state index in [0.29, 0.717) is 5.01 Å². The van der Waals surface area contributed by atoms with E-state index < -0.39 is 42.2 Å². The third-order valence-electron chi connectivity index (χ3n) is 3.78. The number of carboxylic acid groups (broad SMARTS) is 2. The number of urea groups is 1. The minimum absolute atomic E-state index is 0.0883. The maximum absolute atomic E-state index is 12.4. The molecule has 0 saturated carbocycles. The van der Waals surface area contributed by atoms with Crippen LogP contribution in [0.2, 0.25) is 0 Å². The maximum atomic E-state index is 12.4. The largest absolute Gasteiger partial charge is 0.481 e. The molecule has 0 unspecified atom stereocenters. The van der Waals surface area contributed by atoms with Crippen LogP contribution in [0.5, 0.6) is 0 Å². The smallest absolute Gasteiger partial charge is 0.329 e. The molecule has 12 nitrogen and oxygen atoms in total. The molecule has 13 heteroatoms. The van der Waals surface area contributed by atoms with Crippen molar-refractivity contribution in [2.45, 2.75) is 25.9 Å². The van der Waals surface area contributed by atoms with Crippen LogP contribution < -0.4 is 16.1 Å². The van der Waals surface area contributed by atoms with Crippen molar-refractivity contribution in [1.29, 1.82) is 0 Å². The van der Waals surface area contributed by atoms with Crippen LogP contribution in [0.3, 0.4) is 0 Å². The lowest BCUT2D eigenvalue weighted by molar-refractivity contribution is -0.155. The third kappa shape index (κ3) is 7.08. The Balaban J connectivity index is 1.99. The maximum Gasteiger partial charge on any atom is 0.329 e. The Hall–Kier alpha value is -4.00. The van der Waals surface area contributed by atoms with Crippen LogP contribution in [0.15, 0.2) is 35.7 Å². The SMILES string of the molecule is CC(=O)N(NC(=O)c1csc(NC(=O)NCc2ccccc2)n1)[C@@H](CC(=O)O)C(=O)O. The second-order valence-electron chi connectivity index (χ2n) is 6.11. The number of benzene rings is 1. The van der Waals surface area contributed by atoms with Gasteiger partial charge in [0.15, 0.2) is 11.2 Å². The number of aliphatic carboxylic acids is 2. The van der Waals surface area contributed by atoms with E-state index in [1.807, 2.05) is 35.8 Å². The number of anilines is 1. The van der Waals surface area contributed by atoms with Crippen molar-refractivity contribution in [3.05, 3.63) is 47.0 Å². The zero-order valence-electron chi connectivity index (χ0n) is 16.2. The zero-order valence-corrected chi connectivity index (χ0v) is 17.0. The van der Waals surface area contributed by atoms with Gasteiger partial charge in [0.1, 0.15) is 5.69 Å². The first kappa shape index (κ1) is 23.3. The molecule has 1 atom stereocenters. The number of aromatic nitrogens is 1. The molecule has 0 aliphatic heterocycles. The number of rotatable bonds is 8. The van der Waals surface area contributed by atoms with Gasteiger partial charge in [-0.2, -0.15) is 0 Å². The number of nitrogens with zero attached hydrogens (tertiary/aromatic N) is 2. The molecule has 0 radical (unpaired) electrons. The van der Waals surface area contributed by atoms with Crippen LogP contribution in [-0.2, 0) is 20.9 Å². The van der Waals surface area contributed by atoms with Crippen LogP contribution in [0.1, 0.15) is 29.4 Å². The molecular weight excluding hydrogens is 430 g/mol. The molecule has 0 fully saturated rings. The van der Waals surface area contributed by atoms with E-state index in [-0.39, 0.29) is 17.4 Å². The minimum atomic E-state index is -1.81. The summed E-state index contributed by atoms with van der Waals surface area (Å²) in [6.07, 6.45) is -0.916. The quantitative estimate of drug-likeness (QED) is 0.369. The van der Waals surface area contributed by atoms with E-state index in [1.165, 1.54) is 5.38 Å². The van der Waals surface area contributed by atoms with Gasteiger partial charge in [-0.3, -0.25) is 25.1 Å². The second kappa shape index (κ2) is 10.7. The number of amides is 4. The molecule has 1 aromatic heterocycles. The molecule has 0 aliphatic carbocycles. The van der Waals surface area contributed by atoms with Crippen LogP contribution in [-0.4, -0.2) is 56.0 Å². The van der Waals surface area contributed by atoms with E-state index in [4.69, 9.17) is 5.11 Å². The van der Waals surface area contributed by atoms with Gasteiger partial charge < -0.3 is 15.5 Å². The number of hydrazine groups is 1. The Morgan fingerprint density at radius 2 is 1.81 bits per heavy atom. The standard InChI is InChI=1S/C18H19N5O7S/c1-10(24)23(13(16(28)29)7-14(25)26)22-15(27)12-9-31-18(20-12)21-17(30)19-8-11-5-3-2-4-6-11/h2-6,9,13H,7-8H2,1H3,(H,22,27)(H,25,26)(H,28,29)(H2,19,20,21,30)/t13-/m0/s1. The number of thiazole rings is 1. The highest BCUT2D eigenvalue weighted by Crippen LogP contribution is 2.16. The normalized spacial score (nSPS) is 11.1. The zero-order chi connectivity index (χ0) is 23.0. The average molecular weight is 449 g/mol. The molecule has 4 amide bonds. The van der Waals surface area contributed by atoms with E-state index in [0.717, 1.165) is 23.8 Å². The number of carbonyl (C=O) groups excluding carboxylic acids is 3. The van der Waals surface area contributed by atoms with Gasteiger partial charge in [-0.1, -0.05) is 30.3 Å². The first-order valence-electron chi connectivity index (χ1n) is 8.77. The van der Waals surface area contributed by atoms with Gasteiger partial charge in [-0.15, -0.1) is 11.3 Å². The van der Waals surface area contributed by atoms with Gasteiger partial charge in [-0.05, 0) is 5.56 Å². The summed E-state index contributed by atoms with van der Waals surface area (Å²) >= 11 is 0.931. The Labute approximate surface area is 179 Å². The predicted octanol–water partition coefficient (Wildman–Crippen LogP) is 0.886. The molecule has 164 valence electrons. The van der Waals surface area contributed by atoms with Gasteiger partial charge in [0, 0.05) is 18.8 Å². The fraction of sp³-hybridized carbons (Fsp3) is 0.222. The van der Waals surface area contributed by atoms with Crippen molar-refractivity contribution in [3.63, 3.8) is 0 Å². The van der Waals surface area contributed by atoms with Crippen LogP contribution in [0.25, 0.3) is 0 Å². The lowest BCUT2D eigenvalue weighted by Crippen LogP contribution is -2.54. The summed E-state index contributed by atoms with van der Waals surface area (Å²) < 4.78 is 0. The summed E-state index contributed by atoms with van der Waals surface area (Å²) in [6.45, 7) is 1.25. The van der Waals surface area contributed by atoms with Crippen LogP contribution >= 0.6 is 11.3 Å². The number of carboxylic acids is 2.